The van der Waals surface area contributed by atoms with Crippen LogP contribution in [0.5, 0.6) is 0 Å². The molecule has 0 atom stereocenters. The largest absolute Gasteiger partial charge is 0.375 e. The van der Waals surface area contributed by atoms with Gasteiger partial charge in [0.25, 0.3) is 0 Å². The molecule has 0 aromatic carbocycles. The average molecular weight is 203 g/mol. The molecule has 3 rings (SSSR count). The highest BCUT2D eigenvalue weighted by atomic mass is 32.1. The van der Waals surface area contributed by atoms with Crippen molar-refractivity contribution in [3.63, 3.8) is 0 Å². The Balaban J connectivity index is 2.28. The van der Waals surface area contributed by atoms with Crippen molar-refractivity contribution in [1.82, 2.24) is 9.97 Å². The maximum atomic E-state index is 5.71. The summed E-state index contributed by atoms with van der Waals surface area (Å²) in [4.78, 5) is 9.79. The molecule has 0 radical (unpaired) electrons. The van der Waals surface area contributed by atoms with E-state index in [1.165, 1.54) is 16.0 Å². The smallest absolute Gasteiger partial charge is 0.180 e. The van der Waals surface area contributed by atoms with E-state index < -0.39 is 0 Å². The summed E-state index contributed by atoms with van der Waals surface area (Å²) in [6.07, 6.45) is 5.83. The molecule has 0 spiro atoms. The van der Waals surface area contributed by atoms with Gasteiger partial charge in [0.15, 0.2) is 5.13 Å². The van der Waals surface area contributed by atoms with Crippen LogP contribution in [0, 0.1) is 0 Å². The highest BCUT2D eigenvalue weighted by Crippen LogP contribution is 2.36. The van der Waals surface area contributed by atoms with Crippen LogP contribution in [0.15, 0.2) is 18.5 Å². The second-order valence-electron chi connectivity index (χ2n) is 3.36. The Kier molecular flexibility index (Phi) is 1.58. The van der Waals surface area contributed by atoms with E-state index in [0.29, 0.717) is 5.13 Å². The Labute approximate surface area is 85.6 Å². The number of aromatic nitrogens is 2. The summed E-state index contributed by atoms with van der Waals surface area (Å²) in [5, 5.41) is 0.666. The summed E-state index contributed by atoms with van der Waals surface area (Å²) in [5.41, 5.74) is 9.26. The van der Waals surface area contributed by atoms with Gasteiger partial charge in [0.05, 0.1) is 5.69 Å². The molecule has 0 saturated heterocycles. The van der Waals surface area contributed by atoms with Crippen molar-refractivity contribution in [1.29, 1.82) is 0 Å². The zero-order valence-corrected chi connectivity index (χ0v) is 8.34. The molecule has 4 heteroatoms. The van der Waals surface area contributed by atoms with E-state index in [1.54, 1.807) is 11.3 Å². The van der Waals surface area contributed by atoms with Crippen LogP contribution in [0.1, 0.15) is 10.4 Å². The fraction of sp³-hybridized carbons (Fsp3) is 0.200. The van der Waals surface area contributed by atoms with Crippen LogP contribution < -0.4 is 5.73 Å². The third-order valence-corrected chi connectivity index (χ3v) is 3.44. The molecule has 14 heavy (non-hydrogen) atoms. The van der Waals surface area contributed by atoms with Crippen LogP contribution in [0.25, 0.3) is 11.3 Å². The van der Waals surface area contributed by atoms with Crippen LogP contribution in [0.3, 0.4) is 0 Å². The Morgan fingerprint density at radius 1 is 1.36 bits per heavy atom. The molecule has 0 unspecified atom stereocenters. The van der Waals surface area contributed by atoms with Gasteiger partial charge in [-0.2, -0.15) is 0 Å². The minimum absolute atomic E-state index is 0.666. The molecule has 0 fully saturated rings. The van der Waals surface area contributed by atoms with Gasteiger partial charge in [0.2, 0.25) is 0 Å². The van der Waals surface area contributed by atoms with E-state index in [0.717, 1.165) is 18.5 Å². The monoisotopic (exact) mass is 203 g/mol. The maximum Gasteiger partial charge on any atom is 0.180 e. The molecule has 2 N–H and O–H groups in total. The molecule has 0 saturated carbocycles. The van der Waals surface area contributed by atoms with E-state index in [4.69, 9.17) is 5.73 Å². The summed E-state index contributed by atoms with van der Waals surface area (Å²) in [6, 6.07) is 2.02. The number of hydrogen-bond acceptors (Lipinski definition) is 4. The number of fused-ring (bicyclic) bond motifs is 3. The van der Waals surface area contributed by atoms with Gasteiger partial charge in [-0.05, 0) is 24.5 Å². The first-order chi connectivity index (χ1) is 6.84. The average Bonchev–Trinajstić information content (AvgIpc) is 2.59. The highest BCUT2D eigenvalue weighted by molar-refractivity contribution is 7.15. The predicted molar refractivity (Wildman–Crippen MR) is 57.2 cm³/mol. The third kappa shape index (κ3) is 1.04. The fourth-order valence-corrected chi connectivity index (χ4v) is 2.70. The van der Waals surface area contributed by atoms with E-state index in [9.17, 15) is 0 Å². The van der Waals surface area contributed by atoms with Crippen molar-refractivity contribution in [2.45, 2.75) is 12.8 Å². The molecular weight excluding hydrogens is 194 g/mol. The van der Waals surface area contributed by atoms with Gasteiger partial charge in [-0.3, -0.25) is 4.98 Å². The number of nitrogens with two attached hydrogens (primary N) is 1. The number of rotatable bonds is 0. The van der Waals surface area contributed by atoms with Gasteiger partial charge in [-0.1, -0.05) is 0 Å². The van der Waals surface area contributed by atoms with Crippen molar-refractivity contribution >= 4 is 16.5 Å². The number of hydrogen-bond donors (Lipinski definition) is 1. The van der Waals surface area contributed by atoms with Gasteiger partial charge >= 0.3 is 0 Å². The number of pyridine rings is 1. The van der Waals surface area contributed by atoms with Crippen LogP contribution in [-0.2, 0) is 12.8 Å². The molecular formula is C10H9N3S. The first-order valence-corrected chi connectivity index (χ1v) is 5.34. The van der Waals surface area contributed by atoms with E-state index in [-0.39, 0.29) is 0 Å². The lowest BCUT2D eigenvalue weighted by Gasteiger charge is -2.13. The normalized spacial score (nSPS) is 13.4. The van der Waals surface area contributed by atoms with Gasteiger partial charge < -0.3 is 5.73 Å². The van der Waals surface area contributed by atoms with Crippen molar-refractivity contribution in [2.24, 2.45) is 0 Å². The SMILES string of the molecule is Nc1nc2c(s1)CCc1cnccc1-2. The molecule has 0 bridgehead atoms. The van der Waals surface area contributed by atoms with Crippen molar-refractivity contribution < 1.29 is 0 Å². The lowest BCUT2D eigenvalue weighted by molar-refractivity contribution is 0.943. The minimum Gasteiger partial charge on any atom is -0.375 e. The Morgan fingerprint density at radius 2 is 2.29 bits per heavy atom. The van der Waals surface area contributed by atoms with Crippen molar-refractivity contribution in [3.05, 3.63) is 28.9 Å². The number of nitrogens with zero attached hydrogens (tertiary/aromatic N) is 2. The molecule has 0 aliphatic heterocycles. The topological polar surface area (TPSA) is 51.8 Å². The lowest BCUT2D eigenvalue weighted by atomic mass is 9.96. The van der Waals surface area contributed by atoms with Crippen LogP contribution in [0.4, 0.5) is 5.13 Å². The molecule has 2 aromatic rings. The van der Waals surface area contributed by atoms with Crippen molar-refractivity contribution in [3.8, 4) is 11.3 Å². The molecule has 1 aliphatic carbocycles. The second-order valence-corrected chi connectivity index (χ2v) is 4.47. The molecule has 3 nitrogen and oxygen atoms in total. The van der Waals surface area contributed by atoms with E-state index >= 15 is 0 Å². The summed E-state index contributed by atoms with van der Waals surface area (Å²) >= 11 is 1.60. The first-order valence-electron chi connectivity index (χ1n) is 4.53. The Hall–Kier alpha value is -1.42. The summed E-state index contributed by atoms with van der Waals surface area (Å²) in [7, 11) is 0. The fourth-order valence-electron chi connectivity index (χ4n) is 1.86. The number of nitrogen functional groups attached to an aromatic ring is 1. The van der Waals surface area contributed by atoms with Crippen LogP contribution >= 0.6 is 11.3 Å². The Morgan fingerprint density at radius 3 is 3.21 bits per heavy atom. The first kappa shape index (κ1) is 7.94. The van der Waals surface area contributed by atoms with Crippen LogP contribution in [0.2, 0.25) is 0 Å². The molecule has 70 valence electrons. The minimum atomic E-state index is 0.666. The third-order valence-electron chi connectivity index (χ3n) is 2.49. The summed E-state index contributed by atoms with van der Waals surface area (Å²) < 4.78 is 0. The van der Waals surface area contributed by atoms with Gasteiger partial charge in [-0.15, -0.1) is 11.3 Å². The van der Waals surface area contributed by atoms with Gasteiger partial charge in [0.1, 0.15) is 0 Å². The molecule has 2 aromatic heterocycles. The van der Waals surface area contributed by atoms with Crippen LogP contribution in [-0.4, -0.2) is 9.97 Å². The molecule has 2 heterocycles. The zero-order valence-electron chi connectivity index (χ0n) is 7.53. The van der Waals surface area contributed by atoms with Crippen molar-refractivity contribution in [2.75, 3.05) is 5.73 Å². The quantitative estimate of drug-likeness (QED) is 0.711. The zero-order chi connectivity index (χ0) is 9.54. The van der Waals surface area contributed by atoms with Gasteiger partial charge in [-0.25, -0.2) is 4.98 Å². The second kappa shape index (κ2) is 2.78. The van der Waals surface area contributed by atoms with E-state index in [2.05, 4.69) is 9.97 Å². The molecule has 1 aliphatic rings. The summed E-state index contributed by atoms with van der Waals surface area (Å²) in [6.45, 7) is 0. The van der Waals surface area contributed by atoms with E-state index in [1.807, 2.05) is 18.5 Å². The number of aryl methyl sites for hydroxylation is 2. The molecule has 0 amide bonds. The number of anilines is 1. The summed E-state index contributed by atoms with van der Waals surface area (Å²) in [5.74, 6) is 0. The van der Waals surface area contributed by atoms with Gasteiger partial charge in [0, 0.05) is 22.8 Å². The lowest BCUT2D eigenvalue weighted by Crippen LogP contribution is -2.02. The predicted octanol–water partition coefficient (Wildman–Crippen LogP) is 1.89. The maximum absolute atomic E-state index is 5.71. The Bertz CT molecular complexity index is 490. The number of thiazole rings is 1. The highest BCUT2D eigenvalue weighted by Gasteiger charge is 2.19. The standard InChI is InChI=1S/C10H9N3S/c11-10-13-9-7-3-4-12-5-6(7)1-2-8(9)14-10/h3-5H,1-2H2,(H2,11,13).